The van der Waals surface area contributed by atoms with Gasteiger partial charge in [0, 0.05) is 22.6 Å². The van der Waals surface area contributed by atoms with Crippen LogP contribution in [0.1, 0.15) is 25.0 Å². The second-order valence-electron chi connectivity index (χ2n) is 6.26. The van der Waals surface area contributed by atoms with Crippen molar-refractivity contribution in [3.63, 3.8) is 0 Å². The molecule has 0 atom stereocenters. The summed E-state index contributed by atoms with van der Waals surface area (Å²) >= 11 is 0. The van der Waals surface area contributed by atoms with Crippen molar-refractivity contribution < 1.29 is 22.7 Å². The molecule has 0 saturated carbocycles. The van der Waals surface area contributed by atoms with E-state index in [1.165, 1.54) is 14.2 Å². The van der Waals surface area contributed by atoms with Gasteiger partial charge in [0.2, 0.25) is 0 Å². The minimum Gasteiger partial charge on any atom is -0.334 e. The average Bonchev–Trinajstić information content (AvgIpc) is 2.74. The summed E-state index contributed by atoms with van der Waals surface area (Å²) in [5.41, 5.74) is 2.05. The van der Waals surface area contributed by atoms with Gasteiger partial charge in [-0.15, -0.1) is 0 Å². The summed E-state index contributed by atoms with van der Waals surface area (Å²) in [7, 11) is -2.30. The van der Waals surface area contributed by atoms with Crippen molar-refractivity contribution >= 4 is 24.4 Å². The highest BCUT2D eigenvalue weighted by Crippen LogP contribution is 2.75. The Morgan fingerprint density at radius 2 is 1.17 bits per heavy atom. The maximum Gasteiger partial charge on any atom is 0.345 e. The van der Waals surface area contributed by atoms with Crippen molar-refractivity contribution in [2.45, 2.75) is 31.6 Å². The van der Waals surface area contributed by atoms with E-state index in [1.807, 2.05) is 74.5 Å². The van der Waals surface area contributed by atoms with Gasteiger partial charge >= 0.3 is 7.60 Å². The Kier molecular flexibility index (Phi) is 11.4. The van der Waals surface area contributed by atoms with Gasteiger partial charge in [0.25, 0.3) is 0 Å². The number of benzene rings is 2. The molecular formula is C21H30BO5P2. The molecular weight excluding hydrogens is 405 g/mol. The molecule has 2 aromatic rings. The molecule has 8 heteroatoms. The fourth-order valence-corrected chi connectivity index (χ4v) is 8.12. The smallest absolute Gasteiger partial charge is 0.334 e. The first-order valence-electron chi connectivity index (χ1n) is 9.40. The highest BCUT2D eigenvalue weighted by atomic mass is 31.2. The lowest BCUT2D eigenvalue weighted by molar-refractivity contribution is 0.227. The Labute approximate surface area is 178 Å². The lowest BCUT2D eigenvalue weighted by Crippen LogP contribution is -2.35. The normalized spacial score (nSPS) is 12.0. The van der Waals surface area contributed by atoms with Gasteiger partial charge in [-0.3, -0.25) is 4.57 Å². The molecule has 2 rings (SSSR count). The van der Waals surface area contributed by atoms with E-state index in [-0.39, 0.29) is 8.41 Å². The van der Waals surface area contributed by atoms with Crippen LogP contribution in [0.15, 0.2) is 60.7 Å². The molecule has 0 bridgehead atoms. The van der Waals surface area contributed by atoms with Crippen LogP contribution in [-0.4, -0.2) is 40.7 Å². The standard InChI is InChI=1S/C21H30O5P2.B/c1-5-25-27(26-6-2)21(28(22,23-3)24-4,17-19-13-9-7-10-14-19)18-20-15-11-8-12-16-20;/h7-16H,5-6,17-18H2,1-4H3;. The predicted molar refractivity (Wildman–Crippen MR) is 121 cm³/mol. The van der Waals surface area contributed by atoms with Gasteiger partial charge in [-0.1, -0.05) is 60.7 Å². The Morgan fingerprint density at radius 1 is 0.793 bits per heavy atom. The Bertz CT molecular complexity index is 690. The molecule has 5 nitrogen and oxygen atoms in total. The van der Waals surface area contributed by atoms with Crippen molar-refractivity contribution in [1.29, 1.82) is 0 Å². The molecule has 157 valence electrons. The third kappa shape index (κ3) is 6.24. The van der Waals surface area contributed by atoms with Crippen LogP contribution < -0.4 is 0 Å². The molecule has 0 aromatic heterocycles. The number of hydrogen-bond donors (Lipinski definition) is 0. The van der Waals surface area contributed by atoms with E-state index in [9.17, 15) is 4.57 Å². The first-order valence-corrected chi connectivity index (χ1v) is 12.1. The zero-order valence-corrected chi connectivity index (χ0v) is 19.4. The molecule has 0 fully saturated rings. The van der Waals surface area contributed by atoms with Crippen LogP contribution in [0.5, 0.6) is 0 Å². The second-order valence-corrected chi connectivity index (χ2v) is 11.1. The summed E-state index contributed by atoms with van der Waals surface area (Å²) in [6.45, 7) is 4.72. The Hall–Kier alpha value is -0.995. The maximum atomic E-state index is 14.0. The first kappa shape index (κ1) is 26.0. The van der Waals surface area contributed by atoms with Crippen LogP contribution in [0.2, 0.25) is 0 Å². The van der Waals surface area contributed by atoms with Crippen LogP contribution in [0, 0.1) is 0 Å². The van der Waals surface area contributed by atoms with Crippen molar-refractivity contribution in [3.05, 3.63) is 71.8 Å². The van der Waals surface area contributed by atoms with Crippen LogP contribution in [0.4, 0.5) is 0 Å². The average molecular weight is 435 g/mol. The molecule has 0 aliphatic heterocycles. The fourth-order valence-electron chi connectivity index (χ4n) is 3.26. The van der Waals surface area contributed by atoms with E-state index in [4.69, 9.17) is 18.1 Å². The van der Waals surface area contributed by atoms with Crippen molar-refractivity contribution in [2.24, 2.45) is 0 Å². The third-order valence-electron chi connectivity index (χ3n) is 4.48. The highest BCUT2D eigenvalue weighted by molar-refractivity contribution is 7.71. The second kappa shape index (κ2) is 12.6. The Balaban J connectivity index is 0.00000420. The minimum atomic E-state index is -3.59. The fraction of sp³-hybridized carbons (Fsp3) is 0.429. The largest absolute Gasteiger partial charge is 0.345 e. The molecule has 0 N–H and O–H groups in total. The lowest BCUT2D eigenvalue weighted by Gasteiger charge is -2.42. The molecule has 0 amide bonds. The number of rotatable bonds is 12. The summed E-state index contributed by atoms with van der Waals surface area (Å²) in [6.07, 6.45) is 0.904. The molecule has 29 heavy (non-hydrogen) atoms. The van der Waals surface area contributed by atoms with Crippen LogP contribution in [-0.2, 0) is 35.5 Å². The molecule has 0 saturated heterocycles. The van der Waals surface area contributed by atoms with Gasteiger partial charge in [0.05, 0.1) is 13.2 Å². The third-order valence-corrected chi connectivity index (χ3v) is 9.99. The molecule has 3 radical (unpaired) electrons. The molecule has 0 aliphatic rings. The summed E-state index contributed by atoms with van der Waals surface area (Å²) in [4.78, 5) is -0.986. The van der Waals surface area contributed by atoms with Gasteiger partial charge in [0.15, 0.2) is 8.38 Å². The van der Waals surface area contributed by atoms with E-state index in [0.717, 1.165) is 11.1 Å². The lowest BCUT2D eigenvalue weighted by atomic mass is 10.0. The van der Waals surface area contributed by atoms with Gasteiger partial charge in [-0.2, -0.15) is 0 Å². The zero-order valence-electron chi connectivity index (χ0n) is 17.6. The molecule has 0 heterocycles. The van der Waals surface area contributed by atoms with Crippen LogP contribution in [0.3, 0.4) is 0 Å². The summed E-state index contributed by atoms with van der Waals surface area (Å²) < 4.78 is 37.2. The molecule has 0 aliphatic carbocycles. The topological polar surface area (TPSA) is 54.0 Å². The predicted octanol–water partition coefficient (Wildman–Crippen LogP) is 5.66. The van der Waals surface area contributed by atoms with E-state index >= 15 is 0 Å². The SMILES string of the molecule is CCOP(OCC)C(Cc1ccccc1)(Cc1ccccc1)P(=O)(OC)OC.[B]. The van der Waals surface area contributed by atoms with Gasteiger partial charge in [-0.05, 0) is 37.8 Å². The van der Waals surface area contributed by atoms with Gasteiger partial charge in [0.1, 0.15) is 4.90 Å². The van der Waals surface area contributed by atoms with E-state index in [0.29, 0.717) is 26.1 Å². The first-order chi connectivity index (χ1) is 13.5. The van der Waals surface area contributed by atoms with E-state index in [1.54, 1.807) is 0 Å². The van der Waals surface area contributed by atoms with Gasteiger partial charge in [-0.25, -0.2) is 0 Å². The molecule has 0 unspecified atom stereocenters. The number of hydrogen-bond acceptors (Lipinski definition) is 5. The summed E-state index contributed by atoms with van der Waals surface area (Å²) in [6, 6.07) is 19.9. The molecule has 0 spiro atoms. The summed E-state index contributed by atoms with van der Waals surface area (Å²) in [5, 5.41) is 0. The highest BCUT2D eigenvalue weighted by Gasteiger charge is 2.58. The van der Waals surface area contributed by atoms with Crippen molar-refractivity contribution in [3.8, 4) is 0 Å². The van der Waals surface area contributed by atoms with Crippen LogP contribution in [0.25, 0.3) is 0 Å². The maximum absolute atomic E-state index is 14.0. The van der Waals surface area contributed by atoms with Crippen LogP contribution >= 0.6 is 16.0 Å². The van der Waals surface area contributed by atoms with Crippen molar-refractivity contribution in [2.75, 3.05) is 27.4 Å². The van der Waals surface area contributed by atoms with E-state index in [2.05, 4.69) is 0 Å². The zero-order chi connectivity index (χ0) is 20.5. The quantitative estimate of drug-likeness (QED) is 0.318. The summed E-state index contributed by atoms with van der Waals surface area (Å²) in [5.74, 6) is 0. The minimum absolute atomic E-state index is 0. The Morgan fingerprint density at radius 3 is 1.48 bits per heavy atom. The van der Waals surface area contributed by atoms with Crippen molar-refractivity contribution in [1.82, 2.24) is 0 Å². The monoisotopic (exact) mass is 435 g/mol. The van der Waals surface area contributed by atoms with Gasteiger partial charge < -0.3 is 18.1 Å². The van der Waals surface area contributed by atoms with E-state index < -0.39 is 20.9 Å². The molecule has 2 aromatic carbocycles.